The second-order valence-electron chi connectivity index (χ2n) is 5.07. The van der Waals surface area contributed by atoms with Gasteiger partial charge >= 0.3 is 0 Å². The zero-order chi connectivity index (χ0) is 16.8. The number of hydrogen-bond donors (Lipinski definition) is 2. The van der Waals surface area contributed by atoms with E-state index in [9.17, 15) is 0 Å². The molecule has 0 saturated carbocycles. The maximum absolute atomic E-state index is 5.94. The Hall–Kier alpha value is -2.99. The van der Waals surface area contributed by atoms with Gasteiger partial charge in [-0.3, -0.25) is 5.43 Å². The van der Waals surface area contributed by atoms with E-state index < -0.39 is 0 Å². The van der Waals surface area contributed by atoms with E-state index in [2.05, 4.69) is 15.5 Å². The van der Waals surface area contributed by atoms with Gasteiger partial charge in [0.1, 0.15) is 17.9 Å². The van der Waals surface area contributed by atoms with Crippen LogP contribution in [0.15, 0.2) is 65.8 Å². The third-order valence-corrected chi connectivity index (χ3v) is 3.40. The summed E-state index contributed by atoms with van der Waals surface area (Å²) in [6.07, 6.45) is 1.56. The summed E-state index contributed by atoms with van der Waals surface area (Å²) in [7, 11) is 0. The predicted molar refractivity (Wildman–Crippen MR) is 100 cm³/mol. The van der Waals surface area contributed by atoms with Crippen LogP contribution in [-0.4, -0.2) is 16.3 Å². The molecular formula is C18H16N4OS. The molecule has 2 aromatic carbocycles. The van der Waals surface area contributed by atoms with Crippen LogP contribution in [0.5, 0.6) is 5.75 Å². The first-order valence-electron chi connectivity index (χ1n) is 7.37. The SMILES string of the molecule is NC(=S)N/N=C\c1ccc2cccc(OCc3ccccc3)c2n1. The first kappa shape index (κ1) is 15.9. The molecule has 24 heavy (non-hydrogen) atoms. The maximum Gasteiger partial charge on any atom is 0.184 e. The Balaban J connectivity index is 1.84. The summed E-state index contributed by atoms with van der Waals surface area (Å²) in [6.45, 7) is 0.489. The number of benzene rings is 2. The number of ether oxygens (including phenoxy) is 1. The molecule has 0 aliphatic heterocycles. The lowest BCUT2D eigenvalue weighted by atomic mass is 10.2. The highest BCUT2D eigenvalue weighted by molar-refractivity contribution is 7.80. The molecule has 3 aromatic rings. The number of nitrogens with one attached hydrogen (secondary N) is 1. The third kappa shape index (κ3) is 4.05. The van der Waals surface area contributed by atoms with Gasteiger partial charge in [0, 0.05) is 5.39 Å². The van der Waals surface area contributed by atoms with Crippen molar-refractivity contribution in [1.29, 1.82) is 0 Å². The van der Waals surface area contributed by atoms with Crippen LogP contribution in [0.4, 0.5) is 0 Å². The maximum atomic E-state index is 5.94. The first-order chi connectivity index (χ1) is 11.7. The first-order valence-corrected chi connectivity index (χ1v) is 7.78. The van der Waals surface area contributed by atoms with Crippen molar-refractivity contribution < 1.29 is 4.74 Å². The summed E-state index contributed by atoms with van der Waals surface area (Å²) in [5.41, 5.74) is 10.4. The molecule has 0 fully saturated rings. The summed E-state index contributed by atoms with van der Waals surface area (Å²) in [5, 5.41) is 5.04. The average molecular weight is 336 g/mol. The average Bonchev–Trinajstić information content (AvgIpc) is 2.60. The van der Waals surface area contributed by atoms with E-state index in [4.69, 9.17) is 22.7 Å². The highest BCUT2D eigenvalue weighted by Crippen LogP contribution is 2.24. The van der Waals surface area contributed by atoms with E-state index in [0.29, 0.717) is 12.3 Å². The molecule has 5 nitrogen and oxygen atoms in total. The van der Waals surface area contributed by atoms with Gasteiger partial charge in [0.25, 0.3) is 0 Å². The Morgan fingerprint density at radius 1 is 1.12 bits per heavy atom. The molecule has 0 aliphatic rings. The molecule has 1 heterocycles. The van der Waals surface area contributed by atoms with E-state index in [1.54, 1.807) is 6.21 Å². The van der Waals surface area contributed by atoms with Crippen molar-refractivity contribution in [2.24, 2.45) is 10.8 Å². The molecule has 3 N–H and O–H groups in total. The highest BCUT2D eigenvalue weighted by Gasteiger charge is 2.05. The molecule has 6 heteroatoms. The normalized spacial score (nSPS) is 10.8. The van der Waals surface area contributed by atoms with Crippen molar-refractivity contribution in [2.45, 2.75) is 6.61 Å². The Bertz CT molecular complexity index is 881. The molecule has 0 spiro atoms. The van der Waals surface area contributed by atoms with Crippen LogP contribution >= 0.6 is 12.2 Å². The number of fused-ring (bicyclic) bond motifs is 1. The van der Waals surface area contributed by atoms with Gasteiger partial charge in [-0.2, -0.15) is 5.10 Å². The van der Waals surface area contributed by atoms with Crippen molar-refractivity contribution in [1.82, 2.24) is 10.4 Å². The van der Waals surface area contributed by atoms with Gasteiger partial charge in [0.2, 0.25) is 0 Å². The van der Waals surface area contributed by atoms with E-state index in [1.807, 2.05) is 60.7 Å². The summed E-state index contributed by atoms with van der Waals surface area (Å²) < 4.78 is 5.94. The van der Waals surface area contributed by atoms with Gasteiger partial charge in [0.15, 0.2) is 5.11 Å². The molecule has 3 rings (SSSR count). The minimum atomic E-state index is 0.110. The molecule has 0 atom stereocenters. The van der Waals surface area contributed by atoms with Crippen LogP contribution < -0.4 is 15.9 Å². The Kier molecular flexibility index (Phi) is 4.98. The van der Waals surface area contributed by atoms with E-state index in [0.717, 1.165) is 22.2 Å². The smallest absolute Gasteiger partial charge is 0.184 e. The number of para-hydroxylation sites is 1. The van der Waals surface area contributed by atoms with Gasteiger partial charge in [-0.25, -0.2) is 4.98 Å². The second-order valence-corrected chi connectivity index (χ2v) is 5.51. The Labute approximate surface area is 145 Å². The summed E-state index contributed by atoms with van der Waals surface area (Å²) in [4.78, 5) is 4.59. The number of rotatable bonds is 5. The lowest BCUT2D eigenvalue weighted by molar-refractivity contribution is 0.309. The van der Waals surface area contributed by atoms with Crippen LogP contribution in [0.1, 0.15) is 11.3 Å². The number of nitrogens with zero attached hydrogens (tertiary/aromatic N) is 2. The van der Waals surface area contributed by atoms with Gasteiger partial charge in [-0.15, -0.1) is 0 Å². The standard InChI is InChI=1S/C18H16N4OS/c19-18(24)22-20-11-15-10-9-14-7-4-8-16(17(14)21-15)23-12-13-5-2-1-3-6-13/h1-11H,12H2,(H3,19,22,24)/b20-11-. The van der Waals surface area contributed by atoms with Crippen molar-refractivity contribution >= 4 is 34.4 Å². The van der Waals surface area contributed by atoms with Crippen molar-refractivity contribution in [3.05, 3.63) is 71.9 Å². The Morgan fingerprint density at radius 3 is 2.75 bits per heavy atom. The van der Waals surface area contributed by atoms with Gasteiger partial charge in [-0.1, -0.05) is 48.5 Å². The van der Waals surface area contributed by atoms with E-state index in [1.165, 1.54) is 0 Å². The van der Waals surface area contributed by atoms with Crippen LogP contribution in [0.2, 0.25) is 0 Å². The quantitative estimate of drug-likeness (QED) is 0.426. The van der Waals surface area contributed by atoms with Gasteiger partial charge in [-0.05, 0) is 29.9 Å². The van der Waals surface area contributed by atoms with Crippen molar-refractivity contribution in [3.63, 3.8) is 0 Å². The molecule has 1 aromatic heterocycles. The fourth-order valence-corrected chi connectivity index (χ4v) is 2.27. The number of pyridine rings is 1. The molecule has 120 valence electrons. The molecule has 0 saturated heterocycles. The summed E-state index contributed by atoms with van der Waals surface area (Å²) in [6, 6.07) is 19.7. The lowest BCUT2D eigenvalue weighted by Gasteiger charge is -2.09. The number of hydrogen-bond acceptors (Lipinski definition) is 4. The van der Waals surface area contributed by atoms with Crippen LogP contribution in [0, 0.1) is 0 Å². The molecule has 0 aliphatic carbocycles. The molecule has 0 bridgehead atoms. The van der Waals surface area contributed by atoms with Gasteiger partial charge in [0.05, 0.1) is 11.9 Å². The number of hydrazone groups is 1. The second kappa shape index (κ2) is 7.52. The summed E-state index contributed by atoms with van der Waals surface area (Å²) in [5.74, 6) is 0.730. The third-order valence-electron chi connectivity index (χ3n) is 3.31. The molecular weight excluding hydrogens is 320 g/mol. The molecule has 0 amide bonds. The highest BCUT2D eigenvalue weighted by atomic mass is 32.1. The van der Waals surface area contributed by atoms with Gasteiger partial charge < -0.3 is 10.5 Å². The molecule has 0 radical (unpaired) electrons. The topological polar surface area (TPSA) is 72.5 Å². The molecule has 0 unspecified atom stereocenters. The largest absolute Gasteiger partial charge is 0.487 e. The van der Waals surface area contributed by atoms with Crippen LogP contribution in [0.3, 0.4) is 0 Å². The van der Waals surface area contributed by atoms with Crippen LogP contribution in [0.25, 0.3) is 10.9 Å². The fourth-order valence-electron chi connectivity index (χ4n) is 2.22. The summed E-state index contributed by atoms with van der Waals surface area (Å²) >= 11 is 4.70. The zero-order valence-electron chi connectivity index (χ0n) is 12.8. The monoisotopic (exact) mass is 336 g/mol. The predicted octanol–water partition coefficient (Wildman–Crippen LogP) is 2.98. The number of thiocarbonyl (C=S) groups is 1. The van der Waals surface area contributed by atoms with Crippen LogP contribution in [-0.2, 0) is 6.61 Å². The minimum absolute atomic E-state index is 0.110. The van der Waals surface area contributed by atoms with Crippen molar-refractivity contribution in [3.8, 4) is 5.75 Å². The minimum Gasteiger partial charge on any atom is -0.487 e. The lowest BCUT2D eigenvalue weighted by Crippen LogP contribution is -2.24. The number of aromatic nitrogens is 1. The van der Waals surface area contributed by atoms with Crippen molar-refractivity contribution in [2.75, 3.05) is 0 Å². The van der Waals surface area contributed by atoms with E-state index >= 15 is 0 Å². The fraction of sp³-hybridized carbons (Fsp3) is 0.0556. The van der Waals surface area contributed by atoms with E-state index in [-0.39, 0.29) is 5.11 Å². The Morgan fingerprint density at radius 2 is 1.96 bits per heavy atom. The number of nitrogens with two attached hydrogens (primary N) is 1. The zero-order valence-corrected chi connectivity index (χ0v) is 13.7.